The van der Waals surface area contributed by atoms with Crippen molar-refractivity contribution in [3.63, 3.8) is 0 Å². The summed E-state index contributed by atoms with van der Waals surface area (Å²) in [5.74, 6) is -0.143. The lowest BCUT2D eigenvalue weighted by Gasteiger charge is -2.39. The standard InChI is InChI=1S/C14H20FNO/c1-3-12-9-16-10-14(2,17-12)8-11-6-4-5-7-13(11)15/h4-7,12,16H,3,8-10H2,1-2H3. The molecule has 0 aliphatic carbocycles. The molecule has 2 nitrogen and oxygen atoms in total. The zero-order valence-corrected chi connectivity index (χ0v) is 10.5. The van der Waals surface area contributed by atoms with Gasteiger partial charge in [-0.15, -0.1) is 0 Å². The molecule has 2 unspecified atom stereocenters. The number of benzene rings is 1. The number of nitrogens with one attached hydrogen (secondary N) is 1. The molecule has 1 N–H and O–H groups in total. The van der Waals surface area contributed by atoms with Gasteiger partial charge >= 0.3 is 0 Å². The quantitative estimate of drug-likeness (QED) is 0.872. The molecule has 1 saturated heterocycles. The summed E-state index contributed by atoms with van der Waals surface area (Å²) in [5, 5.41) is 3.37. The van der Waals surface area contributed by atoms with E-state index < -0.39 is 0 Å². The van der Waals surface area contributed by atoms with E-state index >= 15 is 0 Å². The van der Waals surface area contributed by atoms with Crippen LogP contribution < -0.4 is 5.32 Å². The molecule has 1 aliphatic heterocycles. The van der Waals surface area contributed by atoms with E-state index in [0.29, 0.717) is 6.42 Å². The number of hydrogen-bond donors (Lipinski definition) is 1. The van der Waals surface area contributed by atoms with Gasteiger partial charge in [-0.2, -0.15) is 0 Å². The van der Waals surface area contributed by atoms with Crippen LogP contribution in [-0.4, -0.2) is 24.8 Å². The van der Waals surface area contributed by atoms with Crippen LogP contribution in [0.15, 0.2) is 24.3 Å². The van der Waals surface area contributed by atoms with E-state index in [9.17, 15) is 4.39 Å². The smallest absolute Gasteiger partial charge is 0.126 e. The van der Waals surface area contributed by atoms with Gasteiger partial charge in [-0.05, 0) is 25.0 Å². The predicted octanol–water partition coefficient (Wildman–Crippen LogP) is 2.53. The minimum Gasteiger partial charge on any atom is -0.369 e. The largest absolute Gasteiger partial charge is 0.369 e. The van der Waals surface area contributed by atoms with Crippen LogP contribution >= 0.6 is 0 Å². The predicted molar refractivity (Wildman–Crippen MR) is 66.5 cm³/mol. The Labute approximate surface area is 102 Å². The van der Waals surface area contributed by atoms with Crippen LogP contribution in [0.3, 0.4) is 0 Å². The van der Waals surface area contributed by atoms with Crippen LogP contribution in [0, 0.1) is 5.82 Å². The maximum absolute atomic E-state index is 13.6. The van der Waals surface area contributed by atoms with Gasteiger partial charge in [0, 0.05) is 19.5 Å². The third-order valence-electron chi connectivity index (χ3n) is 3.30. The van der Waals surface area contributed by atoms with E-state index in [4.69, 9.17) is 4.74 Å². The average Bonchev–Trinajstić information content (AvgIpc) is 2.32. The highest BCUT2D eigenvalue weighted by atomic mass is 19.1. The van der Waals surface area contributed by atoms with Crippen molar-refractivity contribution in [1.29, 1.82) is 0 Å². The Hall–Kier alpha value is -0.930. The summed E-state index contributed by atoms with van der Waals surface area (Å²) < 4.78 is 19.7. The van der Waals surface area contributed by atoms with Gasteiger partial charge in [0.15, 0.2) is 0 Å². The Kier molecular flexibility index (Phi) is 3.79. The van der Waals surface area contributed by atoms with Gasteiger partial charge in [-0.25, -0.2) is 4.39 Å². The lowest BCUT2D eigenvalue weighted by Crippen LogP contribution is -2.53. The first-order valence-electron chi connectivity index (χ1n) is 6.25. The van der Waals surface area contributed by atoms with Crippen molar-refractivity contribution in [2.45, 2.75) is 38.4 Å². The zero-order chi connectivity index (χ0) is 12.3. The van der Waals surface area contributed by atoms with Gasteiger partial charge in [0.1, 0.15) is 5.82 Å². The maximum Gasteiger partial charge on any atom is 0.126 e. The van der Waals surface area contributed by atoms with Crippen molar-refractivity contribution in [2.75, 3.05) is 13.1 Å². The van der Waals surface area contributed by atoms with E-state index in [1.54, 1.807) is 6.07 Å². The molecule has 94 valence electrons. The molecule has 1 heterocycles. The van der Waals surface area contributed by atoms with E-state index in [-0.39, 0.29) is 17.5 Å². The fraction of sp³-hybridized carbons (Fsp3) is 0.571. The molecule has 0 saturated carbocycles. The van der Waals surface area contributed by atoms with Gasteiger partial charge in [-0.1, -0.05) is 25.1 Å². The van der Waals surface area contributed by atoms with Crippen LogP contribution in [0.25, 0.3) is 0 Å². The van der Waals surface area contributed by atoms with Gasteiger partial charge < -0.3 is 10.1 Å². The normalized spacial score (nSPS) is 29.2. The first-order chi connectivity index (χ1) is 8.13. The fourth-order valence-electron chi connectivity index (χ4n) is 2.36. The molecule has 2 rings (SSSR count). The molecular weight excluding hydrogens is 217 g/mol. The number of ether oxygens (including phenoxy) is 1. The Morgan fingerprint density at radius 1 is 1.47 bits per heavy atom. The van der Waals surface area contributed by atoms with Gasteiger partial charge in [0.05, 0.1) is 11.7 Å². The number of hydrogen-bond acceptors (Lipinski definition) is 2. The zero-order valence-electron chi connectivity index (χ0n) is 10.5. The van der Waals surface area contributed by atoms with E-state index in [0.717, 1.165) is 25.1 Å². The molecule has 1 aliphatic rings. The van der Waals surface area contributed by atoms with Gasteiger partial charge in [0.2, 0.25) is 0 Å². The molecule has 0 aromatic heterocycles. The first kappa shape index (κ1) is 12.5. The van der Waals surface area contributed by atoms with Crippen LogP contribution in [0.4, 0.5) is 4.39 Å². The first-order valence-corrected chi connectivity index (χ1v) is 6.25. The maximum atomic E-state index is 13.6. The highest BCUT2D eigenvalue weighted by molar-refractivity contribution is 5.19. The highest BCUT2D eigenvalue weighted by Crippen LogP contribution is 2.24. The summed E-state index contributed by atoms with van der Waals surface area (Å²) in [6.45, 7) is 5.83. The molecule has 1 aromatic rings. The van der Waals surface area contributed by atoms with Crippen molar-refractivity contribution in [3.05, 3.63) is 35.6 Å². The molecule has 1 fully saturated rings. The lowest BCUT2D eigenvalue weighted by atomic mass is 9.94. The second kappa shape index (κ2) is 5.15. The van der Waals surface area contributed by atoms with E-state index in [1.165, 1.54) is 6.07 Å². The Morgan fingerprint density at radius 3 is 2.94 bits per heavy atom. The summed E-state index contributed by atoms with van der Waals surface area (Å²) >= 11 is 0. The summed E-state index contributed by atoms with van der Waals surface area (Å²) in [4.78, 5) is 0. The molecule has 1 aromatic carbocycles. The van der Waals surface area contributed by atoms with Crippen molar-refractivity contribution < 1.29 is 9.13 Å². The molecule has 2 atom stereocenters. The van der Waals surface area contributed by atoms with Crippen LogP contribution in [0.5, 0.6) is 0 Å². The Morgan fingerprint density at radius 2 is 2.24 bits per heavy atom. The monoisotopic (exact) mass is 237 g/mol. The van der Waals surface area contributed by atoms with E-state index in [2.05, 4.69) is 12.2 Å². The summed E-state index contributed by atoms with van der Waals surface area (Å²) in [6, 6.07) is 6.93. The fourth-order valence-corrected chi connectivity index (χ4v) is 2.36. The number of rotatable bonds is 3. The Balaban J connectivity index is 2.09. The SMILES string of the molecule is CCC1CNCC(C)(Cc2ccccc2F)O1. The second-order valence-corrected chi connectivity index (χ2v) is 5.00. The van der Waals surface area contributed by atoms with Gasteiger partial charge in [-0.3, -0.25) is 0 Å². The molecule has 3 heteroatoms. The summed E-state index contributed by atoms with van der Waals surface area (Å²) in [6.07, 6.45) is 1.84. The lowest BCUT2D eigenvalue weighted by molar-refractivity contribution is -0.105. The van der Waals surface area contributed by atoms with Crippen molar-refractivity contribution in [1.82, 2.24) is 5.32 Å². The number of morpholine rings is 1. The van der Waals surface area contributed by atoms with Crippen molar-refractivity contribution in [3.8, 4) is 0 Å². The van der Waals surface area contributed by atoms with Crippen LogP contribution in [0.1, 0.15) is 25.8 Å². The highest BCUT2D eigenvalue weighted by Gasteiger charge is 2.32. The third kappa shape index (κ3) is 3.05. The van der Waals surface area contributed by atoms with Crippen LogP contribution in [-0.2, 0) is 11.2 Å². The van der Waals surface area contributed by atoms with Gasteiger partial charge in [0.25, 0.3) is 0 Å². The Bertz CT molecular complexity index is 382. The van der Waals surface area contributed by atoms with Crippen molar-refractivity contribution in [2.24, 2.45) is 0 Å². The average molecular weight is 237 g/mol. The summed E-state index contributed by atoms with van der Waals surface area (Å²) in [5.41, 5.74) is 0.426. The third-order valence-corrected chi connectivity index (χ3v) is 3.30. The van der Waals surface area contributed by atoms with E-state index in [1.807, 2.05) is 19.1 Å². The molecule has 0 bridgehead atoms. The number of halogens is 1. The topological polar surface area (TPSA) is 21.3 Å². The van der Waals surface area contributed by atoms with Crippen LogP contribution in [0.2, 0.25) is 0 Å². The molecule has 0 radical (unpaired) electrons. The molecular formula is C14H20FNO. The minimum atomic E-state index is -0.304. The minimum absolute atomic E-state index is 0.143. The molecule has 17 heavy (non-hydrogen) atoms. The molecule has 0 spiro atoms. The molecule has 0 amide bonds. The second-order valence-electron chi connectivity index (χ2n) is 5.00. The van der Waals surface area contributed by atoms with Crippen molar-refractivity contribution >= 4 is 0 Å². The summed E-state index contributed by atoms with van der Waals surface area (Å²) in [7, 11) is 0.